The first-order valence-electron chi connectivity index (χ1n) is 5.58. The second-order valence-electron chi connectivity index (χ2n) is 3.99. The fourth-order valence-corrected chi connectivity index (χ4v) is 2.23. The Labute approximate surface area is 99.3 Å². The summed E-state index contributed by atoms with van der Waals surface area (Å²) in [5.74, 6) is 0. The fraction of sp³-hybridized carbons (Fsp3) is 0.0667. The van der Waals surface area contributed by atoms with Crippen LogP contribution in [0.2, 0.25) is 0 Å². The molecular weight excluding hydrogens is 210 g/mol. The van der Waals surface area contributed by atoms with Gasteiger partial charge in [0.2, 0.25) is 0 Å². The van der Waals surface area contributed by atoms with Crippen molar-refractivity contribution in [1.82, 2.24) is 0 Å². The number of allylic oxidation sites excluding steroid dienone is 1. The van der Waals surface area contributed by atoms with Crippen LogP contribution in [0.15, 0.2) is 53.5 Å². The van der Waals surface area contributed by atoms with Crippen molar-refractivity contribution in [3.8, 4) is 0 Å². The second kappa shape index (κ2) is 3.98. The zero-order valence-electron chi connectivity index (χ0n) is 9.26. The van der Waals surface area contributed by atoms with Crippen molar-refractivity contribution in [1.29, 1.82) is 0 Å². The van der Waals surface area contributed by atoms with Crippen molar-refractivity contribution < 1.29 is 4.79 Å². The molecule has 1 aliphatic rings. The molecule has 1 heterocycles. The van der Waals surface area contributed by atoms with Crippen molar-refractivity contribution in [2.24, 2.45) is 4.99 Å². The van der Waals surface area contributed by atoms with E-state index in [4.69, 9.17) is 0 Å². The molecule has 0 N–H and O–H groups in total. The Morgan fingerprint density at radius 3 is 2.76 bits per heavy atom. The standard InChI is InChI=1S/C15H11NO/c17-10-15-14(8-9-16-15)13-7-3-5-11-4-1-2-6-12(11)13/h1-8,10H,9H2. The van der Waals surface area contributed by atoms with Gasteiger partial charge in [0.25, 0.3) is 0 Å². The maximum atomic E-state index is 11.0. The summed E-state index contributed by atoms with van der Waals surface area (Å²) in [5.41, 5.74) is 2.60. The molecule has 17 heavy (non-hydrogen) atoms. The summed E-state index contributed by atoms with van der Waals surface area (Å²) < 4.78 is 0. The van der Waals surface area contributed by atoms with E-state index in [1.165, 1.54) is 5.39 Å². The zero-order valence-corrected chi connectivity index (χ0v) is 9.26. The molecule has 0 amide bonds. The average Bonchev–Trinajstić information content (AvgIpc) is 2.86. The molecule has 0 saturated heterocycles. The Morgan fingerprint density at radius 2 is 1.88 bits per heavy atom. The van der Waals surface area contributed by atoms with E-state index in [-0.39, 0.29) is 0 Å². The van der Waals surface area contributed by atoms with Gasteiger partial charge in [-0.25, -0.2) is 0 Å². The highest BCUT2D eigenvalue weighted by molar-refractivity contribution is 6.50. The number of hydrogen-bond donors (Lipinski definition) is 0. The highest BCUT2D eigenvalue weighted by atomic mass is 16.1. The molecule has 0 saturated carbocycles. The Morgan fingerprint density at radius 1 is 1.06 bits per heavy atom. The average molecular weight is 221 g/mol. The number of benzene rings is 2. The van der Waals surface area contributed by atoms with E-state index < -0.39 is 0 Å². The van der Waals surface area contributed by atoms with E-state index in [2.05, 4.69) is 23.2 Å². The summed E-state index contributed by atoms with van der Waals surface area (Å²) in [6.45, 7) is 0.604. The smallest absolute Gasteiger partial charge is 0.168 e. The predicted molar refractivity (Wildman–Crippen MR) is 70.3 cm³/mol. The minimum absolute atomic E-state index is 0.557. The molecule has 82 valence electrons. The molecule has 2 aromatic carbocycles. The van der Waals surface area contributed by atoms with Gasteiger partial charge >= 0.3 is 0 Å². The summed E-state index contributed by atoms with van der Waals surface area (Å²) in [6.07, 6.45) is 2.84. The number of carbonyl (C=O) groups is 1. The van der Waals surface area contributed by atoms with Crippen molar-refractivity contribution in [2.45, 2.75) is 0 Å². The van der Waals surface area contributed by atoms with Crippen LogP contribution in [-0.2, 0) is 4.79 Å². The molecule has 0 fully saturated rings. The molecular formula is C15H11NO. The number of rotatable bonds is 2. The predicted octanol–water partition coefficient (Wildman–Crippen LogP) is 2.88. The van der Waals surface area contributed by atoms with Crippen LogP contribution in [0.3, 0.4) is 0 Å². The number of hydrogen-bond acceptors (Lipinski definition) is 2. The number of aldehydes is 1. The Balaban J connectivity index is 2.25. The first-order valence-corrected chi connectivity index (χ1v) is 5.58. The van der Waals surface area contributed by atoms with Crippen molar-refractivity contribution >= 4 is 28.3 Å². The molecule has 0 atom stereocenters. The number of carbonyl (C=O) groups excluding carboxylic acids is 1. The minimum Gasteiger partial charge on any atom is -0.296 e. The van der Waals surface area contributed by atoms with Crippen LogP contribution in [0.5, 0.6) is 0 Å². The monoisotopic (exact) mass is 221 g/mol. The van der Waals surface area contributed by atoms with Gasteiger partial charge in [0.05, 0.1) is 6.54 Å². The fourth-order valence-electron chi connectivity index (χ4n) is 2.23. The quantitative estimate of drug-likeness (QED) is 0.717. The molecule has 0 unspecified atom stereocenters. The molecule has 0 radical (unpaired) electrons. The molecule has 3 rings (SSSR count). The van der Waals surface area contributed by atoms with E-state index >= 15 is 0 Å². The Kier molecular flexibility index (Phi) is 2.33. The lowest BCUT2D eigenvalue weighted by Crippen LogP contribution is -2.00. The van der Waals surface area contributed by atoms with E-state index in [1.54, 1.807) is 0 Å². The highest BCUT2D eigenvalue weighted by Gasteiger charge is 2.14. The lowest BCUT2D eigenvalue weighted by Gasteiger charge is -2.07. The zero-order chi connectivity index (χ0) is 11.7. The molecule has 0 aliphatic carbocycles. The van der Waals surface area contributed by atoms with Crippen LogP contribution in [0.1, 0.15) is 5.56 Å². The molecule has 2 aromatic rings. The van der Waals surface area contributed by atoms with E-state index in [0.29, 0.717) is 12.3 Å². The lowest BCUT2D eigenvalue weighted by molar-refractivity contribution is -0.102. The van der Waals surface area contributed by atoms with Gasteiger partial charge in [-0.1, -0.05) is 48.5 Å². The summed E-state index contributed by atoms with van der Waals surface area (Å²) in [4.78, 5) is 15.1. The largest absolute Gasteiger partial charge is 0.296 e. The van der Waals surface area contributed by atoms with E-state index in [9.17, 15) is 4.79 Å². The number of nitrogens with zero attached hydrogens (tertiary/aromatic N) is 1. The van der Waals surface area contributed by atoms with Crippen LogP contribution < -0.4 is 0 Å². The third kappa shape index (κ3) is 1.58. The van der Waals surface area contributed by atoms with Crippen molar-refractivity contribution in [2.75, 3.05) is 6.54 Å². The normalized spacial score (nSPS) is 14.6. The van der Waals surface area contributed by atoms with Crippen LogP contribution >= 0.6 is 0 Å². The van der Waals surface area contributed by atoms with Gasteiger partial charge in [-0.3, -0.25) is 9.79 Å². The summed E-state index contributed by atoms with van der Waals surface area (Å²) in [7, 11) is 0. The van der Waals surface area contributed by atoms with Crippen molar-refractivity contribution in [3.63, 3.8) is 0 Å². The topological polar surface area (TPSA) is 29.4 Å². The van der Waals surface area contributed by atoms with Gasteiger partial charge in [-0.15, -0.1) is 0 Å². The number of fused-ring (bicyclic) bond motifs is 1. The first kappa shape index (κ1) is 9.97. The molecule has 0 bridgehead atoms. The molecule has 2 heteroatoms. The van der Waals surface area contributed by atoms with Gasteiger partial charge in [-0.2, -0.15) is 0 Å². The molecule has 0 spiro atoms. The first-order chi connectivity index (χ1) is 8.40. The maximum absolute atomic E-state index is 11.0. The molecule has 0 aromatic heterocycles. The number of aliphatic imine (C=N–C) groups is 1. The molecule has 1 aliphatic heterocycles. The minimum atomic E-state index is 0.557. The van der Waals surface area contributed by atoms with Gasteiger partial charge in [-0.05, 0) is 16.3 Å². The Bertz CT molecular complexity index is 648. The summed E-state index contributed by atoms with van der Waals surface area (Å²) >= 11 is 0. The summed E-state index contributed by atoms with van der Waals surface area (Å²) in [6, 6.07) is 14.3. The van der Waals surface area contributed by atoms with E-state index in [1.807, 2.05) is 30.3 Å². The van der Waals surface area contributed by atoms with Crippen molar-refractivity contribution in [3.05, 3.63) is 54.1 Å². The lowest BCUT2D eigenvalue weighted by atomic mass is 9.96. The maximum Gasteiger partial charge on any atom is 0.168 e. The third-order valence-corrected chi connectivity index (χ3v) is 3.02. The second-order valence-corrected chi connectivity index (χ2v) is 3.99. The van der Waals surface area contributed by atoms with Crippen LogP contribution in [0.25, 0.3) is 16.3 Å². The third-order valence-electron chi connectivity index (χ3n) is 3.02. The van der Waals surface area contributed by atoms with Crippen LogP contribution in [0.4, 0.5) is 0 Å². The van der Waals surface area contributed by atoms with Gasteiger partial charge < -0.3 is 0 Å². The molecule has 2 nitrogen and oxygen atoms in total. The Hall–Kier alpha value is -2.22. The van der Waals surface area contributed by atoms with E-state index in [0.717, 1.165) is 22.8 Å². The van der Waals surface area contributed by atoms with Crippen LogP contribution in [0, 0.1) is 0 Å². The summed E-state index contributed by atoms with van der Waals surface area (Å²) in [5, 5.41) is 2.35. The highest BCUT2D eigenvalue weighted by Crippen LogP contribution is 2.27. The van der Waals surface area contributed by atoms with Gasteiger partial charge in [0, 0.05) is 5.57 Å². The SMILES string of the molecule is O=CC1=NCC=C1c1cccc2ccccc12. The van der Waals surface area contributed by atoms with Crippen LogP contribution in [-0.4, -0.2) is 18.5 Å². The van der Waals surface area contributed by atoms with Gasteiger partial charge in [0.15, 0.2) is 6.29 Å². The van der Waals surface area contributed by atoms with Gasteiger partial charge in [0.1, 0.15) is 5.71 Å².